The Kier molecular flexibility index (Phi) is 6.19. The Hall–Kier alpha value is -3.82. The highest BCUT2D eigenvalue weighted by molar-refractivity contribution is 6.30. The molecule has 0 saturated carbocycles. The number of anilines is 1. The van der Waals surface area contributed by atoms with Gasteiger partial charge < -0.3 is 10.2 Å². The fraction of sp³-hybridized carbons (Fsp3) is 0.120. The Balaban J connectivity index is 1.61. The summed E-state index contributed by atoms with van der Waals surface area (Å²) in [7, 11) is 1.72. The third-order valence-electron chi connectivity index (χ3n) is 6.00. The number of amidine groups is 1. The minimum atomic E-state index is -1.04. The van der Waals surface area contributed by atoms with Crippen molar-refractivity contribution in [2.75, 3.05) is 12.4 Å². The number of rotatable bonds is 4. The fourth-order valence-corrected chi connectivity index (χ4v) is 4.44. The van der Waals surface area contributed by atoms with Gasteiger partial charge in [-0.3, -0.25) is 14.9 Å². The molecule has 5 rings (SSSR count). The second-order valence-electron chi connectivity index (χ2n) is 8.19. The highest BCUT2D eigenvalue weighted by Crippen LogP contribution is 2.37. The average molecular weight is 527 g/mol. The van der Waals surface area contributed by atoms with Gasteiger partial charge in [0.05, 0.1) is 23.0 Å². The number of H-pyrrole nitrogens is 1. The summed E-state index contributed by atoms with van der Waals surface area (Å²) >= 11 is 12.0. The Morgan fingerprint density at radius 1 is 1.11 bits per heavy atom. The van der Waals surface area contributed by atoms with Gasteiger partial charge in [0, 0.05) is 46.5 Å². The van der Waals surface area contributed by atoms with Crippen LogP contribution in [0.15, 0.2) is 71.1 Å². The molecule has 7 nitrogen and oxygen atoms in total. The maximum Gasteiger partial charge on any atom is 0.255 e. The van der Waals surface area contributed by atoms with Crippen molar-refractivity contribution in [1.29, 1.82) is 0 Å². The van der Waals surface area contributed by atoms with Gasteiger partial charge in [-0.15, -0.1) is 0 Å². The Labute approximate surface area is 214 Å². The van der Waals surface area contributed by atoms with E-state index in [1.165, 1.54) is 36.7 Å². The van der Waals surface area contributed by atoms with Crippen molar-refractivity contribution in [2.45, 2.75) is 13.0 Å². The monoisotopic (exact) mass is 526 g/mol. The van der Waals surface area contributed by atoms with Crippen molar-refractivity contribution in [3.8, 4) is 0 Å². The van der Waals surface area contributed by atoms with Gasteiger partial charge in [0.1, 0.15) is 28.7 Å². The van der Waals surface area contributed by atoms with E-state index >= 15 is 4.39 Å². The molecule has 1 amide bonds. The molecule has 2 N–H and O–H groups in total. The van der Waals surface area contributed by atoms with Gasteiger partial charge in [0.25, 0.3) is 5.91 Å². The Morgan fingerprint density at radius 3 is 2.67 bits per heavy atom. The van der Waals surface area contributed by atoms with Crippen LogP contribution in [-0.4, -0.2) is 38.9 Å². The van der Waals surface area contributed by atoms with Crippen LogP contribution < -0.4 is 5.32 Å². The molecule has 1 atom stereocenters. The van der Waals surface area contributed by atoms with Crippen molar-refractivity contribution in [2.24, 2.45) is 4.99 Å². The molecule has 0 bridgehead atoms. The van der Waals surface area contributed by atoms with Crippen LogP contribution in [0.1, 0.15) is 24.1 Å². The van der Waals surface area contributed by atoms with Crippen molar-refractivity contribution in [3.63, 3.8) is 0 Å². The number of nitrogens with one attached hydrogen (secondary N) is 2. The maximum atomic E-state index is 15.1. The number of halogens is 4. The molecule has 0 spiro atoms. The predicted molar refractivity (Wildman–Crippen MR) is 135 cm³/mol. The van der Waals surface area contributed by atoms with Crippen molar-refractivity contribution in [1.82, 2.24) is 20.1 Å². The summed E-state index contributed by atoms with van der Waals surface area (Å²) in [5, 5.41) is 10.3. The van der Waals surface area contributed by atoms with E-state index in [4.69, 9.17) is 28.2 Å². The molecule has 0 aliphatic carbocycles. The molecule has 182 valence electrons. The minimum absolute atomic E-state index is 0.0390. The molecule has 1 aliphatic rings. The number of pyridine rings is 1. The van der Waals surface area contributed by atoms with E-state index in [9.17, 15) is 9.18 Å². The first-order valence-corrected chi connectivity index (χ1v) is 11.5. The number of allylic oxidation sites excluding steroid dienone is 1. The number of carbonyl (C=O) groups is 1. The van der Waals surface area contributed by atoms with Crippen LogP contribution in [0.4, 0.5) is 14.5 Å². The quantitative estimate of drug-likeness (QED) is 0.324. The first-order valence-electron chi connectivity index (χ1n) is 10.8. The normalized spacial score (nSPS) is 15.9. The van der Waals surface area contributed by atoms with Gasteiger partial charge in [0.15, 0.2) is 0 Å². The zero-order chi connectivity index (χ0) is 25.6. The number of hydrogen-bond donors (Lipinski definition) is 2. The smallest absolute Gasteiger partial charge is 0.255 e. The summed E-state index contributed by atoms with van der Waals surface area (Å²) in [4.78, 5) is 24.0. The Morgan fingerprint density at radius 2 is 1.92 bits per heavy atom. The van der Waals surface area contributed by atoms with Gasteiger partial charge in [-0.05, 0) is 37.3 Å². The second kappa shape index (κ2) is 9.33. The molecule has 3 heterocycles. The van der Waals surface area contributed by atoms with Gasteiger partial charge in [-0.2, -0.15) is 5.10 Å². The second-order valence-corrected chi connectivity index (χ2v) is 9.01. The summed E-state index contributed by atoms with van der Waals surface area (Å²) in [6.45, 7) is 1.71. The van der Waals surface area contributed by atoms with Crippen molar-refractivity contribution < 1.29 is 13.6 Å². The predicted octanol–water partition coefficient (Wildman–Crippen LogP) is 5.89. The van der Waals surface area contributed by atoms with E-state index in [0.717, 1.165) is 6.07 Å². The number of nitrogens with zero attached hydrogens (tertiary/aromatic N) is 4. The molecule has 0 radical (unpaired) electrons. The van der Waals surface area contributed by atoms with Crippen molar-refractivity contribution >= 4 is 51.5 Å². The molecule has 11 heteroatoms. The lowest BCUT2D eigenvalue weighted by atomic mass is 9.93. The zero-order valence-electron chi connectivity index (χ0n) is 19.0. The molecule has 36 heavy (non-hydrogen) atoms. The third kappa shape index (κ3) is 4.31. The topological polar surface area (TPSA) is 86.3 Å². The fourth-order valence-electron chi connectivity index (χ4n) is 4.11. The van der Waals surface area contributed by atoms with E-state index in [2.05, 4.69) is 20.5 Å². The van der Waals surface area contributed by atoms with Gasteiger partial charge >= 0.3 is 0 Å². The number of aliphatic imine (C=N–C) groups is 1. The number of amides is 1. The maximum absolute atomic E-state index is 15.1. The van der Waals surface area contributed by atoms with E-state index < -0.39 is 23.6 Å². The highest BCUT2D eigenvalue weighted by Gasteiger charge is 2.34. The van der Waals surface area contributed by atoms with Gasteiger partial charge in [-0.25, -0.2) is 13.8 Å². The summed E-state index contributed by atoms with van der Waals surface area (Å²) in [5.74, 6) is -1.45. The standard InChI is InChI=1S/C25H18Cl2F2N6O/c1-12-22(25(36)32-20-7-14-11-31-34-19(14)10-18(20)29)23(16-4-3-15(26)9-17(16)28)33-24(35(12)2)13-5-6-30-21(27)8-13/h3-11,23H,1-2H3,(H,31,34)(H,32,36). The van der Waals surface area contributed by atoms with Crippen LogP contribution in [0, 0.1) is 11.6 Å². The number of aromatic nitrogens is 3. The number of fused-ring (bicyclic) bond motifs is 1. The molecule has 2 aromatic carbocycles. The summed E-state index contributed by atoms with van der Waals surface area (Å²) in [5.41, 5.74) is 1.86. The molecule has 2 aromatic heterocycles. The Bertz CT molecular complexity index is 1580. The lowest BCUT2D eigenvalue weighted by Gasteiger charge is -2.33. The van der Waals surface area contributed by atoms with E-state index in [-0.39, 0.29) is 27.0 Å². The number of aromatic amines is 1. The van der Waals surface area contributed by atoms with Crippen LogP contribution in [0.2, 0.25) is 10.2 Å². The number of hydrogen-bond acceptors (Lipinski definition) is 5. The first kappa shape index (κ1) is 23.9. The molecule has 1 unspecified atom stereocenters. The minimum Gasteiger partial charge on any atom is -0.333 e. The molecule has 0 saturated heterocycles. The lowest BCUT2D eigenvalue weighted by Crippen LogP contribution is -2.35. The number of benzene rings is 2. The van der Waals surface area contributed by atoms with Crippen LogP contribution in [0.5, 0.6) is 0 Å². The van der Waals surface area contributed by atoms with Crippen LogP contribution in [0.25, 0.3) is 10.9 Å². The van der Waals surface area contributed by atoms with E-state index in [0.29, 0.717) is 28.0 Å². The van der Waals surface area contributed by atoms with Gasteiger partial charge in [-0.1, -0.05) is 29.3 Å². The molecule has 4 aromatic rings. The van der Waals surface area contributed by atoms with Crippen LogP contribution in [-0.2, 0) is 4.79 Å². The number of carbonyl (C=O) groups excluding carboxylic acids is 1. The third-order valence-corrected chi connectivity index (χ3v) is 6.44. The van der Waals surface area contributed by atoms with E-state index in [1.807, 2.05) is 0 Å². The average Bonchev–Trinajstić information content (AvgIpc) is 3.28. The lowest BCUT2D eigenvalue weighted by molar-refractivity contribution is -0.113. The van der Waals surface area contributed by atoms with Crippen LogP contribution in [0.3, 0.4) is 0 Å². The molecule has 0 fully saturated rings. The summed E-state index contributed by atoms with van der Waals surface area (Å²) in [6, 6.07) is 9.17. The molecular weight excluding hydrogens is 509 g/mol. The molecular formula is C25H18Cl2F2N6O. The summed E-state index contributed by atoms with van der Waals surface area (Å²) in [6.07, 6.45) is 3.05. The van der Waals surface area contributed by atoms with E-state index in [1.54, 1.807) is 31.0 Å². The van der Waals surface area contributed by atoms with Crippen molar-refractivity contribution in [3.05, 3.63) is 99.1 Å². The first-order chi connectivity index (χ1) is 17.2. The largest absolute Gasteiger partial charge is 0.333 e. The SMILES string of the molecule is CC1=C(C(=O)Nc2cc3cn[nH]c3cc2F)C(c2ccc(Cl)cc2F)N=C(c2ccnc(Cl)c2)N1C. The zero-order valence-corrected chi connectivity index (χ0v) is 20.5. The van der Waals surface area contributed by atoms with Crippen LogP contribution >= 0.6 is 23.2 Å². The van der Waals surface area contributed by atoms with Gasteiger partial charge in [0.2, 0.25) is 0 Å². The summed E-state index contributed by atoms with van der Waals surface area (Å²) < 4.78 is 29.8. The molecule has 1 aliphatic heterocycles. The highest BCUT2D eigenvalue weighted by atomic mass is 35.5.